The van der Waals surface area contributed by atoms with Crippen molar-refractivity contribution in [3.05, 3.63) is 75.7 Å². The second kappa shape index (κ2) is 9.99. The van der Waals surface area contributed by atoms with Crippen molar-refractivity contribution in [1.29, 1.82) is 0 Å². The van der Waals surface area contributed by atoms with Gasteiger partial charge >= 0.3 is 0 Å². The van der Waals surface area contributed by atoms with E-state index in [4.69, 9.17) is 9.15 Å². The van der Waals surface area contributed by atoms with Crippen LogP contribution in [0.5, 0.6) is 0 Å². The van der Waals surface area contributed by atoms with Gasteiger partial charge in [0.1, 0.15) is 11.8 Å². The maximum absolute atomic E-state index is 13.7. The van der Waals surface area contributed by atoms with Crippen LogP contribution in [-0.2, 0) is 11.3 Å². The molecule has 4 aromatic rings. The van der Waals surface area contributed by atoms with Crippen LogP contribution >= 0.6 is 0 Å². The van der Waals surface area contributed by atoms with Crippen molar-refractivity contribution >= 4 is 10.9 Å². The van der Waals surface area contributed by atoms with Crippen molar-refractivity contribution in [2.24, 2.45) is 0 Å². The Hall–Kier alpha value is -3.30. The van der Waals surface area contributed by atoms with Gasteiger partial charge in [0.2, 0.25) is 0 Å². The van der Waals surface area contributed by atoms with Crippen molar-refractivity contribution in [2.75, 3.05) is 13.2 Å². The Morgan fingerprint density at radius 1 is 1.17 bits per heavy atom. The molecule has 0 spiro atoms. The van der Waals surface area contributed by atoms with Crippen molar-refractivity contribution < 1.29 is 9.15 Å². The van der Waals surface area contributed by atoms with E-state index in [-0.39, 0.29) is 17.7 Å². The number of fused-ring (bicyclic) bond motifs is 1. The summed E-state index contributed by atoms with van der Waals surface area (Å²) in [6, 6.07) is 11.7. The van der Waals surface area contributed by atoms with Gasteiger partial charge in [-0.25, -0.2) is 4.68 Å². The van der Waals surface area contributed by atoms with E-state index in [0.717, 1.165) is 67.4 Å². The van der Waals surface area contributed by atoms with Crippen LogP contribution in [0.15, 0.2) is 51.9 Å². The van der Waals surface area contributed by atoms with Crippen molar-refractivity contribution in [1.82, 2.24) is 30.1 Å². The number of tetrazole rings is 1. The number of rotatable bonds is 8. The quantitative estimate of drug-likeness (QED) is 0.394. The zero-order chi connectivity index (χ0) is 24.5. The summed E-state index contributed by atoms with van der Waals surface area (Å²) in [6.07, 6.45) is 8.21. The number of H-pyrrole nitrogens is 1. The van der Waals surface area contributed by atoms with Crippen LogP contribution in [0.3, 0.4) is 0 Å². The summed E-state index contributed by atoms with van der Waals surface area (Å²) in [4.78, 5) is 19.1. The van der Waals surface area contributed by atoms with E-state index in [9.17, 15) is 4.79 Å². The molecule has 9 nitrogen and oxygen atoms in total. The second-order valence-electron chi connectivity index (χ2n) is 10.1. The van der Waals surface area contributed by atoms with Crippen LogP contribution in [0.4, 0.5) is 0 Å². The Kier molecular flexibility index (Phi) is 6.41. The zero-order valence-corrected chi connectivity index (χ0v) is 20.6. The highest BCUT2D eigenvalue weighted by Gasteiger charge is 2.35. The molecule has 1 N–H and O–H groups in total. The number of hydrogen-bond acceptors (Lipinski definition) is 7. The lowest BCUT2D eigenvalue weighted by atomic mass is 10.0. The minimum absolute atomic E-state index is 0.0834. The number of aryl methyl sites for hydroxylation is 1. The lowest BCUT2D eigenvalue weighted by Gasteiger charge is -2.32. The van der Waals surface area contributed by atoms with Crippen LogP contribution < -0.4 is 5.56 Å². The highest BCUT2D eigenvalue weighted by atomic mass is 16.5. The zero-order valence-electron chi connectivity index (χ0n) is 20.6. The molecule has 3 aromatic heterocycles. The molecule has 0 radical (unpaired) electrons. The van der Waals surface area contributed by atoms with Crippen LogP contribution in [0, 0.1) is 6.92 Å². The fraction of sp³-hybridized carbons (Fsp3) is 0.481. The number of ether oxygens (including phenoxy) is 1. The van der Waals surface area contributed by atoms with Gasteiger partial charge in [0.25, 0.3) is 5.56 Å². The first-order valence-corrected chi connectivity index (χ1v) is 13.0. The lowest BCUT2D eigenvalue weighted by Crippen LogP contribution is -2.39. The van der Waals surface area contributed by atoms with Gasteiger partial charge in [-0.3, -0.25) is 9.69 Å². The summed E-state index contributed by atoms with van der Waals surface area (Å²) in [6.45, 7) is 3.94. The van der Waals surface area contributed by atoms with Gasteiger partial charge in [-0.05, 0) is 72.2 Å². The third-order valence-electron chi connectivity index (χ3n) is 7.61. The molecule has 0 bridgehead atoms. The molecule has 9 heteroatoms. The molecule has 1 saturated carbocycles. The van der Waals surface area contributed by atoms with Crippen molar-refractivity contribution in [3.8, 4) is 0 Å². The summed E-state index contributed by atoms with van der Waals surface area (Å²) < 4.78 is 13.7. The standard InChI is InChI=1S/C27H32N6O3/c1-18-7-4-8-19-15-23(27(34)28-24(18)19)25(26-29-30-31-33(26)20-9-2-3-10-20)32(16-21-11-5-13-35-21)17-22-12-6-14-36-22/h4-5,7-8,11,13,15,20,22,25H,2-3,6,9-10,12,14,16-17H2,1H3,(H,28,34)/t22-,25+/m0/s1. The number of benzene rings is 1. The maximum Gasteiger partial charge on any atom is 0.253 e. The average Bonchev–Trinajstić information content (AvgIpc) is 3.68. The van der Waals surface area contributed by atoms with E-state index in [2.05, 4.69) is 25.4 Å². The Morgan fingerprint density at radius 3 is 2.83 bits per heavy atom. The van der Waals surface area contributed by atoms with Gasteiger partial charge in [0.15, 0.2) is 5.82 Å². The van der Waals surface area contributed by atoms with Gasteiger partial charge in [0, 0.05) is 18.7 Å². The maximum atomic E-state index is 13.7. The smallest absolute Gasteiger partial charge is 0.253 e. The van der Waals surface area contributed by atoms with Crippen molar-refractivity contribution in [3.63, 3.8) is 0 Å². The molecule has 4 heterocycles. The third-order valence-corrected chi connectivity index (χ3v) is 7.61. The largest absolute Gasteiger partial charge is 0.468 e. The van der Waals surface area contributed by atoms with E-state index >= 15 is 0 Å². The Bertz CT molecular complexity index is 1370. The summed E-state index contributed by atoms with van der Waals surface area (Å²) >= 11 is 0. The number of nitrogens with zero attached hydrogens (tertiary/aromatic N) is 5. The van der Waals surface area contributed by atoms with Crippen LogP contribution in [-0.4, -0.2) is 49.3 Å². The summed E-state index contributed by atoms with van der Waals surface area (Å²) in [5, 5.41) is 14.1. The van der Waals surface area contributed by atoms with Crippen molar-refractivity contribution in [2.45, 2.75) is 70.2 Å². The van der Waals surface area contributed by atoms with E-state index in [1.807, 2.05) is 48.0 Å². The number of pyridine rings is 1. The van der Waals surface area contributed by atoms with E-state index in [0.29, 0.717) is 24.5 Å². The van der Waals surface area contributed by atoms with Gasteiger partial charge in [-0.1, -0.05) is 31.0 Å². The summed E-state index contributed by atoms with van der Waals surface area (Å²) in [5.41, 5.74) is 2.40. The highest BCUT2D eigenvalue weighted by molar-refractivity contribution is 5.82. The molecule has 1 saturated heterocycles. The molecule has 1 aliphatic carbocycles. The fourth-order valence-corrected chi connectivity index (χ4v) is 5.81. The summed E-state index contributed by atoms with van der Waals surface area (Å²) in [5.74, 6) is 1.52. The number of aromatic nitrogens is 5. The number of nitrogens with one attached hydrogen (secondary N) is 1. The predicted molar refractivity (Wildman–Crippen MR) is 135 cm³/mol. The lowest BCUT2D eigenvalue weighted by molar-refractivity contribution is 0.0541. The van der Waals surface area contributed by atoms with E-state index in [1.54, 1.807) is 6.26 Å². The Labute approximate surface area is 209 Å². The van der Waals surface area contributed by atoms with Gasteiger partial charge in [-0.2, -0.15) is 0 Å². The highest BCUT2D eigenvalue weighted by Crippen LogP contribution is 2.35. The molecular formula is C27H32N6O3. The first-order chi connectivity index (χ1) is 17.7. The molecule has 2 fully saturated rings. The van der Waals surface area contributed by atoms with E-state index < -0.39 is 6.04 Å². The fourth-order valence-electron chi connectivity index (χ4n) is 5.81. The Morgan fingerprint density at radius 2 is 2.06 bits per heavy atom. The number of hydrogen-bond donors (Lipinski definition) is 1. The molecule has 2 atom stereocenters. The number of furan rings is 1. The minimum atomic E-state index is -0.455. The molecule has 1 aliphatic heterocycles. The molecule has 2 aliphatic rings. The van der Waals surface area contributed by atoms with Crippen LogP contribution in [0.2, 0.25) is 0 Å². The molecule has 6 rings (SSSR count). The molecule has 36 heavy (non-hydrogen) atoms. The van der Waals surface area contributed by atoms with Crippen LogP contribution in [0.25, 0.3) is 10.9 Å². The van der Waals surface area contributed by atoms with E-state index in [1.165, 1.54) is 0 Å². The predicted octanol–water partition coefficient (Wildman–Crippen LogP) is 4.30. The first-order valence-electron chi connectivity index (χ1n) is 13.0. The summed E-state index contributed by atoms with van der Waals surface area (Å²) in [7, 11) is 0. The monoisotopic (exact) mass is 488 g/mol. The van der Waals surface area contributed by atoms with Gasteiger partial charge in [-0.15, -0.1) is 5.10 Å². The second-order valence-corrected chi connectivity index (χ2v) is 10.1. The molecule has 0 unspecified atom stereocenters. The minimum Gasteiger partial charge on any atom is -0.468 e. The molecule has 1 aromatic carbocycles. The average molecular weight is 489 g/mol. The number of para-hydroxylation sites is 1. The number of aromatic amines is 1. The Balaban J connectivity index is 1.51. The molecule has 188 valence electrons. The topological polar surface area (TPSA) is 102 Å². The molecular weight excluding hydrogens is 456 g/mol. The van der Waals surface area contributed by atoms with Crippen LogP contribution in [0.1, 0.15) is 73.3 Å². The first kappa shape index (κ1) is 23.1. The van der Waals surface area contributed by atoms with Gasteiger partial charge in [0.05, 0.1) is 30.5 Å². The normalized spacial score (nSPS) is 19.6. The third kappa shape index (κ3) is 4.49. The van der Waals surface area contributed by atoms with Gasteiger partial charge < -0.3 is 14.1 Å². The SMILES string of the molecule is Cc1cccc2cc([C@H](c3nnnn3C3CCCC3)N(Cc3ccco3)C[C@@H]3CCCO3)c(=O)[nH]c12. The molecule has 0 amide bonds.